The van der Waals surface area contributed by atoms with Crippen molar-refractivity contribution in [1.29, 1.82) is 0 Å². The second-order valence-electron chi connectivity index (χ2n) is 9.08. The molecule has 1 spiro atoms. The number of H-pyrrole nitrogens is 1. The predicted molar refractivity (Wildman–Crippen MR) is 127 cm³/mol. The molecule has 4 heterocycles. The van der Waals surface area contributed by atoms with Gasteiger partial charge in [0.25, 0.3) is 5.56 Å². The van der Waals surface area contributed by atoms with Gasteiger partial charge in [-0.2, -0.15) is 0 Å². The molecule has 5 rings (SSSR count). The lowest BCUT2D eigenvalue weighted by Crippen LogP contribution is -2.66. The summed E-state index contributed by atoms with van der Waals surface area (Å²) in [5.41, 5.74) is 4.03. The van der Waals surface area contributed by atoms with Crippen LogP contribution < -0.4 is 15.2 Å². The second-order valence-corrected chi connectivity index (χ2v) is 10.9. The summed E-state index contributed by atoms with van der Waals surface area (Å²) in [6.45, 7) is 5.36. The van der Waals surface area contributed by atoms with Gasteiger partial charge in [-0.1, -0.05) is 13.3 Å². The van der Waals surface area contributed by atoms with E-state index in [-0.39, 0.29) is 16.7 Å². The highest BCUT2D eigenvalue weighted by Gasteiger charge is 2.49. The monoisotopic (exact) mass is 456 g/mol. The van der Waals surface area contributed by atoms with Crippen LogP contribution in [0.4, 0.5) is 11.4 Å². The van der Waals surface area contributed by atoms with E-state index in [0.29, 0.717) is 17.6 Å². The molecular formula is C23H28N4O4S. The maximum atomic E-state index is 12.6. The maximum absolute atomic E-state index is 12.6. The molecule has 2 N–H and O–H groups in total. The molecule has 170 valence electrons. The van der Waals surface area contributed by atoms with Crippen LogP contribution in [0.3, 0.4) is 0 Å². The first-order valence-corrected chi connectivity index (χ1v) is 12.6. The number of anilines is 2. The van der Waals surface area contributed by atoms with E-state index in [9.17, 15) is 13.2 Å². The van der Waals surface area contributed by atoms with Gasteiger partial charge in [-0.3, -0.25) is 9.52 Å². The fraction of sp³-hybridized carbons (Fsp3) is 0.435. The summed E-state index contributed by atoms with van der Waals surface area (Å²) in [5.74, 6) is 0.0944. The van der Waals surface area contributed by atoms with Crippen LogP contribution in [0.1, 0.15) is 19.8 Å². The summed E-state index contributed by atoms with van der Waals surface area (Å²) in [5, 5.41) is 0.822. The van der Waals surface area contributed by atoms with Crippen molar-refractivity contribution >= 4 is 32.3 Å². The number of unbranched alkanes of at least 4 members (excludes halogenated alkanes) is 1. The molecule has 2 fully saturated rings. The van der Waals surface area contributed by atoms with Gasteiger partial charge in [-0.05, 0) is 30.7 Å². The number of nitrogens with one attached hydrogen (secondary N) is 2. The Morgan fingerprint density at radius 1 is 1.19 bits per heavy atom. The van der Waals surface area contributed by atoms with Crippen molar-refractivity contribution in [2.45, 2.75) is 19.8 Å². The molecule has 2 aliphatic heterocycles. The minimum atomic E-state index is -3.42. The Bertz CT molecular complexity index is 1330. The van der Waals surface area contributed by atoms with Gasteiger partial charge < -0.3 is 19.2 Å². The van der Waals surface area contributed by atoms with Crippen molar-refractivity contribution in [2.75, 3.05) is 41.7 Å². The van der Waals surface area contributed by atoms with Crippen LogP contribution in [-0.4, -0.2) is 50.0 Å². The van der Waals surface area contributed by atoms with E-state index in [4.69, 9.17) is 4.74 Å². The summed E-state index contributed by atoms with van der Waals surface area (Å²) < 4.78 is 34.7. The molecule has 3 aromatic rings. The highest BCUT2D eigenvalue weighted by atomic mass is 32.2. The van der Waals surface area contributed by atoms with Crippen LogP contribution in [0, 0.1) is 5.41 Å². The zero-order valence-corrected chi connectivity index (χ0v) is 19.2. The number of fused-ring (bicyclic) bond motifs is 1. The van der Waals surface area contributed by atoms with Crippen LogP contribution in [0.25, 0.3) is 22.0 Å². The number of ether oxygens (including phenoxy) is 1. The molecule has 2 saturated heterocycles. The van der Waals surface area contributed by atoms with Gasteiger partial charge >= 0.3 is 0 Å². The van der Waals surface area contributed by atoms with Gasteiger partial charge in [0.05, 0.1) is 24.4 Å². The number of hydrogen-bond acceptors (Lipinski definition) is 5. The van der Waals surface area contributed by atoms with Crippen LogP contribution in [0.15, 0.2) is 41.5 Å². The first kappa shape index (κ1) is 21.1. The molecule has 0 amide bonds. The zero-order chi connectivity index (χ0) is 22.5. The van der Waals surface area contributed by atoms with E-state index in [1.54, 1.807) is 17.8 Å². The van der Waals surface area contributed by atoms with Gasteiger partial charge in [-0.25, -0.2) is 8.42 Å². The smallest absolute Gasteiger partial charge is 0.274 e. The lowest BCUT2D eigenvalue weighted by Gasteiger charge is -2.56. The minimum absolute atomic E-state index is 0.0944. The van der Waals surface area contributed by atoms with Gasteiger partial charge in [0.1, 0.15) is 5.52 Å². The topological polar surface area (TPSA) is 96.4 Å². The van der Waals surface area contributed by atoms with E-state index in [2.05, 4.69) is 14.6 Å². The van der Waals surface area contributed by atoms with E-state index in [0.717, 1.165) is 54.9 Å². The number of aromatic amines is 1. The molecule has 0 saturated carbocycles. The van der Waals surface area contributed by atoms with Gasteiger partial charge in [0.2, 0.25) is 10.0 Å². The number of aryl methyl sites for hydroxylation is 1. The van der Waals surface area contributed by atoms with Crippen LogP contribution in [0.5, 0.6) is 0 Å². The molecule has 32 heavy (non-hydrogen) atoms. The number of nitrogens with zero attached hydrogens (tertiary/aromatic N) is 2. The van der Waals surface area contributed by atoms with Crippen molar-refractivity contribution in [1.82, 2.24) is 9.55 Å². The summed E-state index contributed by atoms with van der Waals surface area (Å²) in [4.78, 5) is 17.9. The Morgan fingerprint density at radius 3 is 2.66 bits per heavy atom. The fourth-order valence-corrected chi connectivity index (χ4v) is 5.90. The molecule has 2 aromatic heterocycles. The first-order chi connectivity index (χ1) is 15.3. The molecule has 0 aliphatic carbocycles. The van der Waals surface area contributed by atoms with Crippen LogP contribution in [0.2, 0.25) is 0 Å². The Balaban J connectivity index is 1.59. The van der Waals surface area contributed by atoms with E-state index >= 15 is 0 Å². The molecule has 0 bridgehead atoms. The van der Waals surface area contributed by atoms with Crippen molar-refractivity contribution in [3.05, 3.63) is 47.0 Å². The quantitative estimate of drug-likeness (QED) is 0.570. The second kappa shape index (κ2) is 7.67. The van der Waals surface area contributed by atoms with Gasteiger partial charge in [0.15, 0.2) is 0 Å². The lowest BCUT2D eigenvalue weighted by atomic mass is 9.77. The van der Waals surface area contributed by atoms with Crippen LogP contribution >= 0.6 is 0 Å². The SMILES string of the molecule is CCCCS(=O)(=O)Nc1ccc(N2CC3(COC3)C2)c(-c2cn(C)c(=O)c3[nH]ccc23)c1. The van der Waals surface area contributed by atoms with E-state index < -0.39 is 10.0 Å². The van der Waals surface area contributed by atoms with Gasteiger partial charge in [0, 0.05) is 60.4 Å². The predicted octanol–water partition coefficient (Wildman–Crippen LogP) is 2.91. The summed E-state index contributed by atoms with van der Waals surface area (Å²) in [6.07, 6.45) is 5.02. The normalized spacial score (nSPS) is 17.4. The highest BCUT2D eigenvalue weighted by Crippen LogP contribution is 2.45. The van der Waals surface area contributed by atoms with Crippen molar-refractivity contribution in [3.63, 3.8) is 0 Å². The molecule has 1 aromatic carbocycles. The third-order valence-electron chi connectivity index (χ3n) is 6.43. The third kappa shape index (κ3) is 3.59. The Hall–Kier alpha value is -2.78. The fourth-order valence-electron chi connectivity index (χ4n) is 4.65. The maximum Gasteiger partial charge on any atom is 0.274 e. The Labute approximate surface area is 187 Å². The number of rotatable bonds is 7. The van der Waals surface area contributed by atoms with E-state index in [1.165, 1.54) is 0 Å². The third-order valence-corrected chi connectivity index (χ3v) is 7.80. The number of benzene rings is 1. The number of sulfonamides is 1. The average Bonchev–Trinajstić information content (AvgIpc) is 3.18. The van der Waals surface area contributed by atoms with Crippen molar-refractivity contribution in [3.8, 4) is 11.1 Å². The van der Waals surface area contributed by atoms with Crippen molar-refractivity contribution in [2.24, 2.45) is 12.5 Å². The molecule has 0 atom stereocenters. The number of hydrogen-bond donors (Lipinski definition) is 2. The Kier molecular flexibility index (Phi) is 5.05. The molecule has 9 heteroatoms. The standard InChI is InChI=1S/C23H28N4O4S/c1-3-4-9-32(29,30)25-16-5-6-20(27-12-23(13-27)14-31-15-23)18(10-16)19-11-26(2)22(28)21-17(19)7-8-24-21/h5-8,10-11,24-25H,3-4,9,12-15H2,1-2H3. The summed E-state index contributed by atoms with van der Waals surface area (Å²) >= 11 is 0. The first-order valence-electron chi connectivity index (χ1n) is 11.0. The average molecular weight is 457 g/mol. The lowest BCUT2D eigenvalue weighted by molar-refractivity contribution is -0.127. The molecule has 2 aliphatic rings. The van der Waals surface area contributed by atoms with Gasteiger partial charge in [-0.15, -0.1) is 0 Å². The van der Waals surface area contributed by atoms with Crippen molar-refractivity contribution < 1.29 is 13.2 Å². The summed E-state index contributed by atoms with van der Waals surface area (Å²) in [7, 11) is -1.69. The Morgan fingerprint density at radius 2 is 1.97 bits per heavy atom. The largest absolute Gasteiger partial charge is 0.380 e. The minimum Gasteiger partial charge on any atom is -0.380 e. The molecule has 0 radical (unpaired) electrons. The molecular weight excluding hydrogens is 428 g/mol. The highest BCUT2D eigenvalue weighted by molar-refractivity contribution is 7.92. The number of pyridine rings is 1. The zero-order valence-electron chi connectivity index (χ0n) is 18.3. The van der Waals surface area contributed by atoms with E-state index in [1.807, 2.05) is 37.4 Å². The molecule has 8 nitrogen and oxygen atoms in total. The number of aromatic nitrogens is 2. The van der Waals surface area contributed by atoms with Crippen LogP contribution in [-0.2, 0) is 21.8 Å². The summed E-state index contributed by atoms with van der Waals surface area (Å²) in [6, 6.07) is 7.57. The molecule has 0 unspecified atom stereocenters.